The molecule has 31 heavy (non-hydrogen) atoms. The van der Waals surface area contributed by atoms with Crippen LogP contribution in [-0.2, 0) is 11.2 Å². The number of hydrogen-bond acceptors (Lipinski definition) is 5. The van der Waals surface area contributed by atoms with Crippen molar-refractivity contribution in [1.82, 2.24) is 0 Å². The molecule has 0 unspecified atom stereocenters. The van der Waals surface area contributed by atoms with E-state index in [9.17, 15) is 14.4 Å². The summed E-state index contributed by atoms with van der Waals surface area (Å²) < 4.78 is 5.47. The number of benzene rings is 2. The molecule has 0 saturated carbocycles. The number of carbonyl (C=O) groups excluding carboxylic acids is 1. The molecule has 0 spiro atoms. The van der Waals surface area contributed by atoms with E-state index in [1.807, 2.05) is 18.2 Å². The summed E-state index contributed by atoms with van der Waals surface area (Å²) in [6.07, 6.45) is 4.54. The number of rotatable bonds is 8. The minimum atomic E-state index is -0.759. The van der Waals surface area contributed by atoms with Gasteiger partial charge in [0.2, 0.25) is 0 Å². The Kier molecular flexibility index (Phi) is 6.16. The Hall–Kier alpha value is -3.41. The smallest absolute Gasteiger partial charge is 0.336 e. The first kappa shape index (κ1) is 20.8. The first-order valence-corrected chi connectivity index (χ1v) is 10.7. The molecule has 160 valence electrons. The van der Waals surface area contributed by atoms with Crippen molar-refractivity contribution in [2.24, 2.45) is 0 Å². The van der Waals surface area contributed by atoms with Gasteiger partial charge < -0.3 is 14.4 Å². The van der Waals surface area contributed by atoms with E-state index in [-0.39, 0.29) is 12.2 Å². The van der Waals surface area contributed by atoms with Gasteiger partial charge in [0.05, 0.1) is 0 Å². The van der Waals surface area contributed by atoms with Crippen molar-refractivity contribution in [3.05, 3.63) is 75.6 Å². The molecule has 1 aromatic heterocycles. The van der Waals surface area contributed by atoms with Crippen molar-refractivity contribution in [3.8, 4) is 0 Å². The average Bonchev–Trinajstić information content (AvgIpc) is 2.77. The molecule has 3 aromatic rings. The number of aryl methyl sites for hydroxylation is 1. The molecule has 2 heterocycles. The number of carboxylic acids is 1. The zero-order chi connectivity index (χ0) is 21.8. The van der Waals surface area contributed by atoms with Gasteiger partial charge in [0, 0.05) is 53.8 Å². The second-order valence-corrected chi connectivity index (χ2v) is 7.95. The topological polar surface area (TPSA) is 87.8 Å². The standard InChI is InChI=1S/C25H25NO5/c27-23(28)11-5-2-6-12-26-13-7-10-18-14-19-20(25(30)17-8-3-1-4-9-17)15-24(29)31-22(19)16-21(18)26/h1,3-4,8-9,14-16H,2,5-7,10-13H2,(H,27,28). The van der Waals surface area contributed by atoms with E-state index in [2.05, 4.69) is 4.90 Å². The van der Waals surface area contributed by atoms with Crippen LogP contribution >= 0.6 is 0 Å². The third-order valence-corrected chi connectivity index (χ3v) is 5.76. The van der Waals surface area contributed by atoms with Gasteiger partial charge in [-0.15, -0.1) is 0 Å². The van der Waals surface area contributed by atoms with Gasteiger partial charge in [0.15, 0.2) is 5.78 Å². The number of carboxylic acid groups (broad SMARTS) is 1. The predicted molar refractivity (Wildman–Crippen MR) is 119 cm³/mol. The lowest BCUT2D eigenvalue weighted by Crippen LogP contribution is -2.30. The zero-order valence-corrected chi connectivity index (χ0v) is 17.3. The fourth-order valence-electron chi connectivity index (χ4n) is 4.24. The maximum Gasteiger partial charge on any atom is 0.336 e. The minimum Gasteiger partial charge on any atom is -0.481 e. The Balaban J connectivity index is 1.64. The predicted octanol–water partition coefficient (Wildman–Crippen LogP) is 4.42. The molecule has 0 radical (unpaired) electrons. The summed E-state index contributed by atoms with van der Waals surface area (Å²) in [7, 11) is 0. The molecule has 0 amide bonds. The summed E-state index contributed by atoms with van der Waals surface area (Å²) in [6, 6.07) is 14.1. The Morgan fingerprint density at radius 3 is 2.61 bits per heavy atom. The van der Waals surface area contributed by atoms with Gasteiger partial charge in [0.25, 0.3) is 0 Å². The largest absolute Gasteiger partial charge is 0.481 e. The van der Waals surface area contributed by atoms with Gasteiger partial charge in [-0.3, -0.25) is 9.59 Å². The van der Waals surface area contributed by atoms with Gasteiger partial charge in [-0.2, -0.15) is 0 Å². The summed E-state index contributed by atoms with van der Waals surface area (Å²) in [5.74, 6) is -0.949. The highest BCUT2D eigenvalue weighted by atomic mass is 16.4. The monoisotopic (exact) mass is 419 g/mol. The van der Waals surface area contributed by atoms with Crippen molar-refractivity contribution >= 4 is 28.4 Å². The molecule has 0 fully saturated rings. The minimum absolute atomic E-state index is 0.190. The van der Waals surface area contributed by atoms with E-state index in [1.165, 1.54) is 6.07 Å². The molecule has 0 bridgehead atoms. The van der Waals surface area contributed by atoms with E-state index in [0.29, 0.717) is 28.5 Å². The molecule has 6 heteroatoms. The zero-order valence-electron chi connectivity index (χ0n) is 17.3. The van der Waals surface area contributed by atoms with Crippen LogP contribution in [0.2, 0.25) is 0 Å². The number of carbonyl (C=O) groups is 2. The van der Waals surface area contributed by atoms with Crippen LogP contribution in [0.3, 0.4) is 0 Å². The van der Waals surface area contributed by atoms with Crippen LogP contribution in [0.5, 0.6) is 0 Å². The van der Waals surface area contributed by atoms with Crippen LogP contribution in [0.4, 0.5) is 5.69 Å². The summed E-state index contributed by atoms with van der Waals surface area (Å²) in [5.41, 5.74) is 2.96. The van der Waals surface area contributed by atoms with Gasteiger partial charge in [0.1, 0.15) is 5.58 Å². The normalized spacial score (nSPS) is 13.2. The van der Waals surface area contributed by atoms with Crippen molar-refractivity contribution in [2.45, 2.75) is 38.5 Å². The van der Waals surface area contributed by atoms with Gasteiger partial charge >= 0.3 is 11.6 Å². The van der Waals surface area contributed by atoms with Gasteiger partial charge in [-0.05, 0) is 37.3 Å². The molecule has 1 aliphatic heterocycles. The van der Waals surface area contributed by atoms with Crippen LogP contribution in [-0.4, -0.2) is 29.9 Å². The summed E-state index contributed by atoms with van der Waals surface area (Å²) in [6.45, 7) is 1.73. The highest BCUT2D eigenvalue weighted by Crippen LogP contribution is 2.33. The maximum atomic E-state index is 13.1. The van der Waals surface area contributed by atoms with E-state index in [4.69, 9.17) is 9.52 Å². The number of hydrogen-bond donors (Lipinski definition) is 1. The highest BCUT2D eigenvalue weighted by molar-refractivity contribution is 6.16. The molecular weight excluding hydrogens is 394 g/mol. The number of fused-ring (bicyclic) bond motifs is 2. The van der Waals surface area contributed by atoms with Crippen molar-refractivity contribution in [1.29, 1.82) is 0 Å². The lowest BCUT2D eigenvalue weighted by Gasteiger charge is -2.31. The number of nitrogens with zero attached hydrogens (tertiary/aromatic N) is 1. The summed E-state index contributed by atoms with van der Waals surface area (Å²) >= 11 is 0. The SMILES string of the molecule is O=C(O)CCCCCN1CCCc2cc3c(C(=O)c4ccccc4)cc(=O)oc3cc21. The number of anilines is 1. The molecule has 1 N–H and O–H groups in total. The number of aliphatic carboxylic acids is 1. The van der Waals surface area contributed by atoms with Crippen LogP contribution in [0, 0.1) is 0 Å². The molecule has 2 aromatic carbocycles. The molecule has 6 nitrogen and oxygen atoms in total. The first-order valence-electron chi connectivity index (χ1n) is 10.7. The summed E-state index contributed by atoms with van der Waals surface area (Å²) in [5, 5.41) is 9.44. The maximum absolute atomic E-state index is 13.1. The fraction of sp³-hybridized carbons (Fsp3) is 0.320. The molecular formula is C25H25NO5. The third-order valence-electron chi connectivity index (χ3n) is 5.76. The van der Waals surface area contributed by atoms with Gasteiger partial charge in [-0.1, -0.05) is 36.8 Å². The Labute approximate surface area is 180 Å². The van der Waals surface area contributed by atoms with Crippen LogP contribution < -0.4 is 10.5 Å². The third kappa shape index (κ3) is 4.68. The van der Waals surface area contributed by atoms with Crippen molar-refractivity contribution in [2.75, 3.05) is 18.0 Å². The molecule has 0 atom stereocenters. The van der Waals surface area contributed by atoms with Gasteiger partial charge in [-0.25, -0.2) is 4.79 Å². The van der Waals surface area contributed by atoms with E-state index < -0.39 is 11.6 Å². The summed E-state index contributed by atoms with van der Waals surface area (Å²) in [4.78, 5) is 38.2. The second-order valence-electron chi connectivity index (χ2n) is 7.95. The molecule has 4 rings (SSSR count). The average molecular weight is 419 g/mol. The molecule has 0 saturated heterocycles. The Bertz CT molecular complexity index is 1170. The number of ketones is 1. The van der Waals surface area contributed by atoms with E-state index in [0.717, 1.165) is 50.0 Å². The van der Waals surface area contributed by atoms with Crippen LogP contribution in [0.1, 0.15) is 53.6 Å². The van der Waals surface area contributed by atoms with Crippen molar-refractivity contribution < 1.29 is 19.1 Å². The van der Waals surface area contributed by atoms with Crippen LogP contribution in [0.15, 0.2) is 57.7 Å². The van der Waals surface area contributed by atoms with E-state index >= 15 is 0 Å². The first-order chi connectivity index (χ1) is 15.0. The lowest BCUT2D eigenvalue weighted by atomic mass is 9.95. The van der Waals surface area contributed by atoms with Crippen molar-refractivity contribution in [3.63, 3.8) is 0 Å². The Morgan fingerprint density at radius 2 is 1.84 bits per heavy atom. The Morgan fingerprint density at radius 1 is 1.03 bits per heavy atom. The fourth-order valence-corrected chi connectivity index (χ4v) is 4.24. The highest BCUT2D eigenvalue weighted by Gasteiger charge is 2.21. The van der Waals surface area contributed by atoms with Crippen LogP contribution in [0.25, 0.3) is 11.0 Å². The quantitative estimate of drug-likeness (QED) is 0.330. The number of unbranched alkanes of at least 4 members (excludes halogenated alkanes) is 2. The molecule has 1 aliphatic rings. The molecule has 0 aliphatic carbocycles. The van der Waals surface area contributed by atoms with E-state index in [1.54, 1.807) is 24.3 Å². The lowest BCUT2D eigenvalue weighted by molar-refractivity contribution is -0.137. The second kappa shape index (κ2) is 9.16.